The van der Waals surface area contributed by atoms with Gasteiger partial charge in [-0.05, 0) is 38.4 Å². The number of benzene rings is 1. The van der Waals surface area contributed by atoms with Crippen LogP contribution < -0.4 is 15.4 Å². The zero-order valence-electron chi connectivity index (χ0n) is 12.3. The lowest BCUT2D eigenvalue weighted by atomic mass is 10.1. The van der Waals surface area contributed by atoms with Crippen molar-refractivity contribution in [2.75, 3.05) is 24.1 Å². The van der Waals surface area contributed by atoms with Crippen molar-refractivity contribution in [3.05, 3.63) is 29.3 Å². The molecule has 2 rings (SSSR count). The summed E-state index contributed by atoms with van der Waals surface area (Å²) in [5, 5.41) is 6.18. The average molecular weight is 311 g/mol. The molecule has 0 aromatic heterocycles. The Labute approximate surface area is 125 Å². The van der Waals surface area contributed by atoms with Gasteiger partial charge in [0.2, 0.25) is 10.0 Å². The summed E-state index contributed by atoms with van der Waals surface area (Å²) in [6, 6.07) is 5.16. The number of rotatable bonds is 4. The monoisotopic (exact) mass is 311 g/mol. The van der Waals surface area contributed by atoms with Crippen LogP contribution in [0.5, 0.6) is 0 Å². The fourth-order valence-electron chi connectivity index (χ4n) is 2.37. The normalized spacial score (nSPS) is 19.0. The van der Waals surface area contributed by atoms with Gasteiger partial charge in [-0.25, -0.2) is 8.42 Å². The summed E-state index contributed by atoms with van der Waals surface area (Å²) in [6.07, 6.45) is 3.02. The summed E-state index contributed by atoms with van der Waals surface area (Å²) in [7, 11) is -3.42. The van der Waals surface area contributed by atoms with E-state index in [0.29, 0.717) is 11.3 Å². The Bertz CT molecular complexity index is 622. The zero-order chi connectivity index (χ0) is 15.5. The van der Waals surface area contributed by atoms with E-state index in [2.05, 4.69) is 15.4 Å². The highest BCUT2D eigenvalue weighted by molar-refractivity contribution is 7.92. The third-order valence-electron chi connectivity index (χ3n) is 3.35. The summed E-state index contributed by atoms with van der Waals surface area (Å²) < 4.78 is 25.2. The van der Waals surface area contributed by atoms with Crippen LogP contribution >= 0.6 is 0 Å². The molecule has 7 heteroatoms. The number of anilines is 1. The van der Waals surface area contributed by atoms with Crippen molar-refractivity contribution in [2.45, 2.75) is 25.8 Å². The Hall–Kier alpha value is -1.60. The standard InChI is InChI=1S/C14H21N3O3S/c1-10-5-6-13(17-21(2,19)20)12(8-10)14(18)16-11-4-3-7-15-9-11/h5-6,8,11,15,17H,3-4,7,9H2,1-2H3,(H,16,18). The molecular weight excluding hydrogens is 290 g/mol. The summed E-state index contributed by atoms with van der Waals surface area (Å²) in [6.45, 7) is 3.58. The van der Waals surface area contributed by atoms with Gasteiger partial charge in [-0.1, -0.05) is 11.6 Å². The molecule has 1 aliphatic rings. The molecular formula is C14H21N3O3S. The number of hydrogen-bond acceptors (Lipinski definition) is 4. The van der Waals surface area contributed by atoms with E-state index in [0.717, 1.165) is 37.8 Å². The minimum Gasteiger partial charge on any atom is -0.348 e. The summed E-state index contributed by atoms with van der Waals surface area (Å²) in [5.41, 5.74) is 1.57. The van der Waals surface area contributed by atoms with Crippen molar-refractivity contribution in [2.24, 2.45) is 0 Å². The van der Waals surface area contributed by atoms with Crippen LogP contribution in [-0.4, -0.2) is 39.7 Å². The number of hydrogen-bond donors (Lipinski definition) is 3. The van der Waals surface area contributed by atoms with Crippen LogP contribution in [0, 0.1) is 6.92 Å². The van der Waals surface area contributed by atoms with Crippen molar-refractivity contribution < 1.29 is 13.2 Å². The van der Waals surface area contributed by atoms with Crippen molar-refractivity contribution >= 4 is 21.6 Å². The molecule has 1 aromatic rings. The van der Waals surface area contributed by atoms with Gasteiger partial charge in [0, 0.05) is 12.6 Å². The summed E-state index contributed by atoms with van der Waals surface area (Å²) in [5.74, 6) is -0.251. The van der Waals surface area contributed by atoms with Gasteiger partial charge in [-0.15, -0.1) is 0 Å². The first-order chi connectivity index (χ1) is 9.85. The minimum atomic E-state index is -3.42. The molecule has 1 aromatic carbocycles. The summed E-state index contributed by atoms with van der Waals surface area (Å²) in [4.78, 5) is 12.4. The van der Waals surface area contributed by atoms with E-state index in [9.17, 15) is 13.2 Å². The maximum atomic E-state index is 12.4. The van der Waals surface area contributed by atoms with Gasteiger partial charge in [0.1, 0.15) is 0 Å². The van der Waals surface area contributed by atoms with Crippen LogP contribution in [0.25, 0.3) is 0 Å². The highest BCUT2D eigenvalue weighted by Gasteiger charge is 2.19. The SMILES string of the molecule is Cc1ccc(NS(C)(=O)=O)c(C(=O)NC2CCCNC2)c1. The molecule has 0 saturated carbocycles. The number of piperidine rings is 1. The first kappa shape index (κ1) is 15.8. The third kappa shape index (κ3) is 4.71. The largest absolute Gasteiger partial charge is 0.348 e. The van der Waals surface area contributed by atoms with Gasteiger partial charge in [-0.3, -0.25) is 9.52 Å². The Morgan fingerprint density at radius 3 is 2.76 bits per heavy atom. The van der Waals surface area contributed by atoms with Gasteiger partial charge in [0.15, 0.2) is 0 Å². The molecule has 0 radical (unpaired) electrons. The molecule has 1 saturated heterocycles. The Balaban J connectivity index is 2.20. The van der Waals surface area contributed by atoms with E-state index in [4.69, 9.17) is 0 Å². The molecule has 3 N–H and O–H groups in total. The van der Waals surface area contributed by atoms with Crippen molar-refractivity contribution in [1.29, 1.82) is 0 Å². The first-order valence-electron chi connectivity index (χ1n) is 6.95. The predicted octanol–water partition coefficient (Wildman–Crippen LogP) is 0.848. The van der Waals surface area contributed by atoms with Gasteiger partial charge < -0.3 is 10.6 Å². The molecule has 1 fully saturated rings. The lowest BCUT2D eigenvalue weighted by molar-refractivity contribution is 0.0931. The molecule has 0 bridgehead atoms. The zero-order valence-corrected chi connectivity index (χ0v) is 13.1. The first-order valence-corrected chi connectivity index (χ1v) is 8.84. The molecule has 0 aliphatic carbocycles. The van der Waals surface area contributed by atoms with Gasteiger partial charge >= 0.3 is 0 Å². The second-order valence-corrected chi connectivity index (χ2v) is 7.19. The van der Waals surface area contributed by atoms with Crippen LogP contribution in [0.1, 0.15) is 28.8 Å². The molecule has 1 atom stereocenters. The molecule has 1 amide bonds. The maximum absolute atomic E-state index is 12.4. The van der Waals surface area contributed by atoms with E-state index in [-0.39, 0.29) is 11.9 Å². The second kappa shape index (κ2) is 6.44. The number of carbonyl (C=O) groups excluding carboxylic acids is 1. The average Bonchev–Trinajstić information content (AvgIpc) is 2.40. The van der Waals surface area contributed by atoms with E-state index < -0.39 is 10.0 Å². The topological polar surface area (TPSA) is 87.3 Å². The van der Waals surface area contributed by atoms with Crippen molar-refractivity contribution in [3.63, 3.8) is 0 Å². The van der Waals surface area contributed by atoms with Gasteiger partial charge in [-0.2, -0.15) is 0 Å². The van der Waals surface area contributed by atoms with Crippen LogP contribution in [0.15, 0.2) is 18.2 Å². The van der Waals surface area contributed by atoms with Gasteiger partial charge in [0.25, 0.3) is 5.91 Å². The van der Waals surface area contributed by atoms with Gasteiger partial charge in [0.05, 0.1) is 17.5 Å². The molecule has 1 heterocycles. The Morgan fingerprint density at radius 2 is 2.14 bits per heavy atom. The third-order valence-corrected chi connectivity index (χ3v) is 3.94. The smallest absolute Gasteiger partial charge is 0.253 e. The highest BCUT2D eigenvalue weighted by Crippen LogP contribution is 2.19. The van der Waals surface area contributed by atoms with Crippen LogP contribution in [-0.2, 0) is 10.0 Å². The van der Waals surface area contributed by atoms with E-state index in [1.54, 1.807) is 18.2 Å². The van der Waals surface area contributed by atoms with Crippen LogP contribution in [0.4, 0.5) is 5.69 Å². The highest BCUT2D eigenvalue weighted by atomic mass is 32.2. The number of carbonyl (C=O) groups is 1. The molecule has 6 nitrogen and oxygen atoms in total. The molecule has 116 valence electrons. The summed E-state index contributed by atoms with van der Waals surface area (Å²) >= 11 is 0. The van der Waals surface area contributed by atoms with Crippen LogP contribution in [0.2, 0.25) is 0 Å². The van der Waals surface area contributed by atoms with E-state index >= 15 is 0 Å². The number of sulfonamides is 1. The fraction of sp³-hybridized carbons (Fsp3) is 0.500. The van der Waals surface area contributed by atoms with Crippen molar-refractivity contribution in [3.8, 4) is 0 Å². The molecule has 21 heavy (non-hydrogen) atoms. The predicted molar refractivity (Wildman–Crippen MR) is 83.0 cm³/mol. The van der Waals surface area contributed by atoms with Crippen molar-refractivity contribution in [1.82, 2.24) is 10.6 Å². The fourth-order valence-corrected chi connectivity index (χ4v) is 2.95. The lowest BCUT2D eigenvalue weighted by Gasteiger charge is -2.24. The second-order valence-electron chi connectivity index (χ2n) is 5.44. The molecule has 0 spiro atoms. The number of nitrogens with one attached hydrogen (secondary N) is 3. The quantitative estimate of drug-likeness (QED) is 0.769. The molecule has 1 aliphatic heterocycles. The molecule has 1 unspecified atom stereocenters. The number of amides is 1. The maximum Gasteiger partial charge on any atom is 0.253 e. The van der Waals surface area contributed by atoms with E-state index in [1.807, 2.05) is 6.92 Å². The minimum absolute atomic E-state index is 0.0813. The lowest BCUT2D eigenvalue weighted by Crippen LogP contribution is -2.45. The van der Waals surface area contributed by atoms with Crippen LogP contribution in [0.3, 0.4) is 0 Å². The number of aryl methyl sites for hydroxylation is 1. The Kier molecular flexibility index (Phi) is 4.84. The van der Waals surface area contributed by atoms with E-state index in [1.165, 1.54) is 0 Å². The Morgan fingerprint density at radius 1 is 1.38 bits per heavy atom.